The Bertz CT molecular complexity index is 668. The Morgan fingerprint density at radius 1 is 1.53 bits per heavy atom. The number of nitrogens with two attached hydrogens (primary N) is 1. The Hall–Kier alpha value is -1.89. The Balaban J connectivity index is 2.04. The molecule has 1 heterocycles. The standard InChI is InChI=1S/C12H11BrN4O2/c13-8-2-3-9-7(5-8)1-4-10(9)16-12(14)11(6-15-16)17(18)19/h2-3,5-6,10H,1,4,14H2. The molecule has 0 bridgehead atoms. The fourth-order valence-corrected chi connectivity index (χ4v) is 2.98. The molecular formula is C12H11BrN4O2. The number of aromatic nitrogens is 2. The average molecular weight is 323 g/mol. The van der Waals surface area contributed by atoms with Crippen LogP contribution in [0.3, 0.4) is 0 Å². The summed E-state index contributed by atoms with van der Waals surface area (Å²) < 4.78 is 2.59. The molecule has 0 amide bonds. The van der Waals surface area contributed by atoms with E-state index in [2.05, 4.69) is 27.1 Å². The van der Waals surface area contributed by atoms with Crippen LogP contribution in [0, 0.1) is 10.1 Å². The van der Waals surface area contributed by atoms with Crippen molar-refractivity contribution in [1.82, 2.24) is 9.78 Å². The van der Waals surface area contributed by atoms with Crippen molar-refractivity contribution in [2.24, 2.45) is 0 Å². The molecule has 0 radical (unpaired) electrons. The molecule has 1 unspecified atom stereocenters. The van der Waals surface area contributed by atoms with Crippen LogP contribution in [0.4, 0.5) is 11.5 Å². The highest BCUT2D eigenvalue weighted by atomic mass is 79.9. The smallest absolute Gasteiger partial charge is 0.330 e. The normalized spacial score (nSPS) is 17.4. The van der Waals surface area contributed by atoms with Gasteiger partial charge in [-0.3, -0.25) is 10.1 Å². The Kier molecular flexibility index (Phi) is 2.78. The molecule has 3 rings (SSSR count). The van der Waals surface area contributed by atoms with E-state index >= 15 is 0 Å². The Morgan fingerprint density at radius 2 is 2.32 bits per heavy atom. The van der Waals surface area contributed by atoms with Gasteiger partial charge in [0.2, 0.25) is 5.82 Å². The highest BCUT2D eigenvalue weighted by Gasteiger charge is 2.29. The van der Waals surface area contributed by atoms with Crippen LogP contribution in [-0.2, 0) is 6.42 Å². The fraction of sp³-hybridized carbons (Fsp3) is 0.250. The third kappa shape index (κ3) is 1.90. The zero-order valence-electron chi connectivity index (χ0n) is 9.91. The number of rotatable bonds is 2. The summed E-state index contributed by atoms with van der Waals surface area (Å²) in [6.45, 7) is 0. The van der Waals surface area contributed by atoms with E-state index in [0.29, 0.717) is 0 Å². The third-order valence-electron chi connectivity index (χ3n) is 3.46. The number of anilines is 1. The second kappa shape index (κ2) is 4.34. The second-order valence-corrected chi connectivity index (χ2v) is 5.43. The highest BCUT2D eigenvalue weighted by Crippen LogP contribution is 2.38. The molecule has 0 aliphatic heterocycles. The lowest BCUT2D eigenvalue weighted by Crippen LogP contribution is -2.12. The van der Waals surface area contributed by atoms with Crippen molar-refractivity contribution in [3.8, 4) is 0 Å². The molecular weight excluding hydrogens is 312 g/mol. The Morgan fingerprint density at radius 3 is 3.00 bits per heavy atom. The predicted molar refractivity (Wildman–Crippen MR) is 73.9 cm³/mol. The number of hydrogen-bond donors (Lipinski definition) is 1. The highest BCUT2D eigenvalue weighted by molar-refractivity contribution is 9.10. The van der Waals surface area contributed by atoms with Crippen LogP contribution in [0.15, 0.2) is 28.9 Å². The van der Waals surface area contributed by atoms with Crippen molar-refractivity contribution in [2.45, 2.75) is 18.9 Å². The number of nitrogens with zero attached hydrogens (tertiary/aromatic N) is 3. The lowest BCUT2D eigenvalue weighted by Gasteiger charge is -2.13. The van der Waals surface area contributed by atoms with Gasteiger partial charge in [-0.05, 0) is 36.1 Å². The molecule has 1 atom stereocenters. The third-order valence-corrected chi connectivity index (χ3v) is 3.95. The maximum absolute atomic E-state index is 10.8. The molecule has 7 heteroatoms. The molecule has 98 valence electrons. The first-order valence-corrected chi connectivity index (χ1v) is 6.63. The molecule has 6 nitrogen and oxygen atoms in total. The Labute approximate surface area is 117 Å². The molecule has 0 spiro atoms. The summed E-state index contributed by atoms with van der Waals surface area (Å²) >= 11 is 3.44. The van der Waals surface area contributed by atoms with Crippen LogP contribution in [0.25, 0.3) is 0 Å². The molecule has 1 aliphatic carbocycles. The summed E-state index contributed by atoms with van der Waals surface area (Å²) in [4.78, 5) is 10.3. The van der Waals surface area contributed by atoms with E-state index < -0.39 is 4.92 Å². The maximum Gasteiger partial charge on any atom is 0.330 e. The van der Waals surface area contributed by atoms with Crippen molar-refractivity contribution >= 4 is 27.4 Å². The number of hydrogen-bond acceptors (Lipinski definition) is 4. The topological polar surface area (TPSA) is 87.0 Å². The summed E-state index contributed by atoms with van der Waals surface area (Å²) in [5.74, 6) is 0.116. The van der Waals surface area contributed by atoms with Gasteiger partial charge in [-0.25, -0.2) is 4.68 Å². The quantitative estimate of drug-likeness (QED) is 0.680. The van der Waals surface area contributed by atoms with E-state index in [9.17, 15) is 10.1 Å². The van der Waals surface area contributed by atoms with Gasteiger partial charge in [0.1, 0.15) is 6.20 Å². The molecule has 19 heavy (non-hydrogen) atoms. The SMILES string of the molecule is Nc1c([N+](=O)[O-])cnn1C1CCc2cc(Br)ccc21. The summed E-state index contributed by atoms with van der Waals surface area (Å²) in [6.07, 6.45) is 2.99. The number of halogens is 1. The van der Waals surface area contributed by atoms with Crippen molar-refractivity contribution in [3.63, 3.8) is 0 Å². The van der Waals surface area contributed by atoms with Gasteiger partial charge in [0, 0.05) is 4.47 Å². The van der Waals surface area contributed by atoms with Crippen molar-refractivity contribution in [1.29, 1.82) is 0 Å². The number of nitrogen functional groups attached to an aromatic ring is 1. The van der Waals surface area contributed by atoms with Gasteiger partial charge < -0.3 is 5.73 Å². The molecule has 0 saturated heterocycles. The number of nitro groups is 1. The van der Waals surface area contributed by atoms with Gasteiger partial charge in [0.25, 0.3) is 0 Å². The van der Waals surface area contributed by atoms with Gasteiger partial charge in [0.05, 0.1) is 11.0 Å². The van der Waals surface area contributed by atoms with Gasteiger partial charge in [-0.15, -0.1) is 0 Å². The summed E-state index contributed by atoms with van der Waals surface area (Å²) in [7, 11) is 0. The van der Waals surface area contributed by atoms with Crippen molar-refractivity contribution < 1.29 is 4.92 Å². The average Bonchev–Trinajstić information content (AvgIpc) is 2.91. The zero-order chi connectivity index (χ0) is 13.6. The van der Waals surface area contributed by atoms with Gasteiger partial charge in [-0.1, -0.05) is 22.0 Å². The lowest BCUT2D eigenvalue weighted by atomic mass is 10.1. The van der Waals surface area contributed by atoms with E-state index in [4.69, 9.17) is 5.73 Å². The van der Waals surface area contributed by atoms with E-state index in [1.807, 2.05) is 12.1 Å². The maximum atomic E-state index is 10.8. The van der Waals surface area contributed by atoms with E-state index in [0.717, 1.165) is 22.9 Å². The van der Waals surface area contributed by atoms with Crippen LogP contribution in [0.5, 0.6) is 0 Å². The summed E-state index contributed by atoms with van der Waals surface area (Å²) in [6, 6.07) is 6.04. The second-order valence-electron chi connectivity index (χ2n) is 4.51. The van der Waals surface area contributed by atoms with Crippen LogP contribution in [-0.4, -0.2) is 14.7 Å². The number of aryl methyl sites for hydroxylation is 1. The molecule has 1 aliphatic rings. The first-order chi connectivity index (χ1) is 9.08. The summed E-state index contributed by atoms with van der Waals surface area (Å²) in [5.41, 5.74) is 8.05. The molecule has 1 aromatic heterocycles. The predicted octanol–water partition coefficient (Wildman–Crippen LogP) is 2.67. The van der Waals surface area contributed by atoms with Crippen LogP contribution in [0.1, 0.15) is 23.6 Å². The summed E-state index contributed by atoms with van der Waals surface area (Å²) in [5, 5.41) is 14.9. The van der Waals surface area contributed by atoms with Crippen molar-refractivity contribution in [2.75, 3.05) is 5.73 Å². The first kappa shape index (κ1) is 12.2. The molecule has 2 aromatic rings. The van der Waals surface area contributed by atoms with E-state index in [-0.39, 0.29) is 17.5 Å². The molecule has 2 N–H and O–H groups in total. The van der Waals surface area contributed by atoms with Gasteiger partial charge >= 0.3 is 5.69 Å². The fourth-order valence-electron chi connectivity index (χ4n) is 2.57. The van der Waals surface area contributed by atoms with Gasteiger partial charge in [-0.2, -0.15) is 5.10 Å². The minimum Gasteiger partial charge on any atom is -0.378 e. The molecule has 0 fully saturated rings. The van der Waals surface area contributed by atoms with Crippen LogP contribution >= 0.6 is 15.9 Å². The van der Waals surface area contributed by atoms with Crippen molar-refractivity contribution in [3.05, 3.63) is 50.1 Å². The van der Waals surface area contributed by atoms with Crippen LogP contribution in [0.2, 0.25) is 0 Å². The minimum atomic E-state index is -0.504. The number of fused-ring (bicyclic) bond motifs is 1. The minimum absolute atomic E-state index is 0.0169. The first-order valence-electron chi connectivity index (χ1n) is 5.83. The van der Waals surface area contributed by atoms with Crippen LogP contribution < -0.4 is 5.73 Å². The zero-order valence-corrected chi connectivity index (χ0v) is 11.5. The monoisotopic (exact) mass is 322 g/mol. The van der Waals surface area contributed by atoms with E-state index in [1.54, 1.807) is 4.68 Å². The van der Waals surface area contributed by atoms with Gasteiger partial charge in [0.15, 0.2) is 0 Å². The van der Waals surface area contributed by atoms with E-state index in [1.165, 1.54) is 11.8 Å². The molecule has 1 aromatic carbocycles. The number of benzene rings is 1. The largest absolute Gasteiger partial charge is 0.378 e. The molecule has 0 saturated carbocycles. The lowest BCUT2D eigenvalue weighted by molar-refractivity contribution is -0.384.